The molecule has 5 nitrogen and oxygen atoms in total. The summed E-state index contributed by atoms with van der Waals surface area (Å²) < 4.78 is 5.29. The molecule has 26 heavy (non-hydrogen) atoms. The molecule has 0 bridgehead atoms. The molecular weight excluding hydrogens is 328 g/mol. The van der Waals surface area contributed by atoms with Crippen molar-refractivity contribution >= 4 is 22.8 Å². The molecule has 4 rings (SSSR count). The van der Waals surface area contributed by atoms with Gasteiger partial charge in [-0.3, -0.25) is 4.79 Å². The second kappa shape index (κ2) is 7.14. The molecule has 0 radical (unpaired) electrons. The van der Waals surface area contributed by atoms with Crippen LogP contribution in [0.15, 0.2) is 18.2 Å². The molecule has 1 aliphatic carbocycles. The number of amides is 1. The highest BCUT2D eigenvalue weighted by atomic mass is 16.5. The Morgan fingerprint density at radius 1 is 1.23 bits per heavy atom. The highest BCUT2D eigenvalue weighted by molar-refractivity contribution is 5.97. The fourth-order valence-electron chi connectivity index (χ4n) is 4.16. The fourth-order valence-corrected chi connectivity index (χ4v) is 4.16. The average Bonchev–Trinajstić information content (AvgIpc) is 3.03. The monoisotopic (exact) mass is 354 g/mol. The molecule has 1 N–H and O–H groups in total. The van der Waals surface area contributed by atoms with E-state index in [2.05, 4.69) is 11.9 Å². The third-order valence-corrected chi connectivity index (χ3v) is 5.71. The van der Waals surface area contributed by atoms with Gasteiger partial charge in [-0.15, -0.1) is 0 Å². The van der Waals surface area contributed by atoms with E-state index < -0.39 is 5.97 Å². The Balaban J connectivity index is 1.46. The second-order valence-corrected chi connectivity index (χ2v) is 7.71. The van der Waals surface area contributed by atoms with Crippen LogP contribution >= 0.6 is 0 Å². The van der Waals surface area contributed by atoms with Crippen LogP contribution in [0.5, 0.6) is 0 Å². The summed E-state index contributed by atoms with van der Waals surface area (Å²) >= 11 is 0. The lowest BCUT2D eigenvalue weighted by molar-refractivity contribution is -0.135. The minimum absolute atomic E-state index is 0.0908. The molecule has 1 atom stereocenters. The third kappa shape index (κ3) is 3.35. The molecule has 5 heteroatoms. The summed E-state index contributed by atoms with van der Waals surface area (Å²) in [4.78, 5) is 29.9. The number of hydrogen-bond acceptors (Lipinski definition) is 3. The van der Waals surface area contributed by atoms with E-state index in [1.54, 1.807) is 11.0 Å². The zero-order valence-electron chi connectivity index (χ0n) is 15.3. The van der Waals surface area contributed by atoms with Crippen LogP contribution in [0.4, 0.5) is 0 Å². The highest BCUT2D eigenvalue weighted by Crippen LogP contribution is 2.32. The second-order valence-electron chi connectivity index (χ2n) is 7.71. The average molecular weight is 354 g/mol. The number of rotatable bonds is 3. The highest BCUT2D eigenvalue weighted by Gasteiger charge is 2.22. The van der Waals surface area contributed by atoms with Crippen molar-refractivity contribution in [1.82, 2.24) is 9.88 Å². The van der Waals surface area contributed by atoms with E-state index in [9.17, 15) is 9.59 Å². The molecule has 2 aliphatic rings. The molecule has 138 valence electrons. The maximum absolute atomic E-state index is 12.4. The summed E-state index contributed by atoms with van der Waals surface area (Å²) in [7, 11) is 0. The number of nitrogens with one attached hydrogen (secondary N) is 1. The molecule has 2 aromatic rings. The van der Waals surface area contributed by atoms with Gasteiger partial charge in [-0.25, -0.2) is 4.79 Å². The number of likely N-dealkylation sites (tertiary alicyclic amines) is 1. The van der Waals surface area contributed by atoms with E-state index in [-0.39, 0.29) is 12.5 Å². The van der Waals surface area contributed by atoms with Gasteiger partial charge in [0.05, 0.1) is 5.56 Å². The molecule has 1 fully saturated rings. The van der Waals surface area contributed by atoms with Crippen LogP contribution in [0.2, 0.25) is 0 Å². The van der Waals surface area contributed by atoms with E-state index in [4.69, 9.17) is 4.74 Å². The number of carbonyl (C=O) groups excluding carboxylic acids is 2. The van der Waals surface area contributed by atoms with E-state index >= 15 is 0 Å². The number of benzene rings is 1. The summed E-state index contributed by atoms with van der Waals surface area (Å²) in [6, 6.07) is 5.64. The first-order chi connectivity index (χ1) is 12.6. The summed E-state index contributed by atoms with van der Waals surface area (Å²) in [6.07, 6.45) is 6.55. The standard InChI is InChI=1S/C21H26N2O3/c1-14-5-7-18-16(11-14)17-12-15(6-8-19(17)22-18)21(25)26-13-20(24)23-9-3-2-4-10-23/h6,8,12,14,22H,2-5,7,9-11,13H2,1H3/t14-/m1/s1. The van der Waals surface area contributed by atoms with Crippen LogP contribution in [0.3, 0.4) is 0 Å². The number of hydrogen-bond donors (Lipinski definition) is 1. The minimum atomic E-state index is -0.420. The van der Waals surface area contributed by atoms with Gasteiger partial charge in [0.1, 0.15) is 0 Å². The van der Waals surface area contributed by atoms with Crippen LogP contribution < -0.4 is 0 Å². The predicted octanol–water partition coefficient (Wildman–Crippen LogP) is 3.46. The SMILES string of the molecule is C[C@@H]1CCc2[nH]c3ccc(C(=O)OCC(=O)N4CCCCC4)cc3c2C1. The van der Waals surface area contributed by atoms with Gasteiger partial charge in [-0.05, 0) is 68.2 Å². The van der Waals surface area contributed by atoms with Crippen LogP contribution in [0.25, 0.3) is 10.9 Å². The lowest BCUT2D eigenvalue weighted by Crippen LogP contribution is -2.38. The van der Waals surface area contributed by atoms with Gasteiger partial charge in [0.25, 0.3) is 5.91 Å². The molecule has 0 saturated carbocycles. The minimum Gasteiger partial charge on any atom is -0.452 e. The van der Waals surface area contributed by atoms with Crippen molar-refractivity contribution in [2.24, 2.45) is 5.92 Å². The van der Waals surface area contributed by atoms with Crippen molar-refractivity contribution in [3.8, 4) is 0 Å². The number of aromatic amines is 1. The lowest BCUT2D eigenvalue weighted by atomic mass is 9.87. The van der Waals surface area contributed by atoms with Gasteiger partial charge in [0.15, 0.2) is 6.61 Å². The van der Waals surface area contributed by atoms with E-state index in [0.29, 0.717) is 11.5 Å². The maximum atomic E-state index is 12.4. The Morgan fingerprint density at radius 2 is 2.04 bits per heavy atom. The zero-order chi connectivity index (χ0) is 18.1. The largest absolute Gasteiger partial charge is 0.452 e. The van der Waals surface area contributed by atoms with E-state index in [0.717, 1.165) is 49.7 Å². The van der Waals surface area contributed by atoms with Gasteiger partial charge >= 0.3 is 5.97 Å². The molecule has 1 aliphatic heterocycles. The van der Waals surface area contributed by atoms with Crippen molar-refractivity contribution in [1.29, 1.82) is 0 Å². The topological polar surface area (TPSA) is 62.4 Å². The molecule has 1 aromatic carbocycles. The van der Waals surface area contributed by atoms with Gasteiger partial charge in [-0.1, -0.05) is 6.92 Å². The number of aryl methyl sites for hydroxylation is 1. The maximum Gasteiger partial charge on any atom is 0.338 e. The fraction of sp³-hybridized carbons (Fsp3) is 0.524. The lowest BCUT2D eigenvalue weighted by Gasteiger charge is -2.26. The zero-order valence-corrected chi connectivity index (χ0v) is 15.3. The van der Waals surface area contributed by atoms with Gasteiger partial charge < -0.3 is 14.6 Å². The number of H-pyrrole nitrogens is 1. The van der Waals surface area contributed by atoms with Crippen molar-refractivity contribution in [3.05, 3.63) is 35.0 Å². The van der Waals surface area contributed by atoms with Crippen molar-refractivity contribution in [2.45, 2.75) is 45.4 Å². The third-order valence-electron chi connectivity index (χ3n) is 5.71. The van der Waals surface area contributed by atoms with Crippen molar-refractivity contribution in [2.75, 3.05) is 19.7 Å². The summed E-state index contributed by atoms with van der Waals surface area (Å²) in [5.74, 6) is 0.155. The Morgan fingerprint density at radius 3 is 2.85 bits per heavy atom. The predicted molar refractivity (Wildman–Crippen MR) is 100 cm³/mol. The summed E-state index contributed by atoms with van der Waals surface area (Å²) in [5, 5.41) is 1.11. The summed E-state index contributed by atoms with van der Waals surface area (Å²) in [5.41, 5.74) is 4.22. The van der Waals surface area contributed by atoms with E-state index in [1.165, 1.54) is 24.1 Å². The molecule has 1 saturated heterocycles. The summed E-state index contributed by atoms with van der Waals surface area (Å²) in [6.45, 7) is 3.65. The van der Waals surface area contributed by atoms with E-state index in [1.807, 2.05) is 12.1 Å². The van der Waals surface area contributed by atoms with Gasteiger partial charge in [0.2, 0.25) is 0 Å². The normalized spacial score (nSPS) is 20.0. The Hall–Kier alpha value is -2.30. The van der Waals surface area contributed by atoms with Crippen LogP contribution in [0, 0.1) is 5.92 Å². The number of piperidine rings is 1. The number of carbonyl (C=O) groups is 2. The Labute approximate surface area is 153 Å². The van der Waals surface area contributed by atoms with Crippen molar-refractivity contribution in [3.63, 3.8) is 0 Å². The number of nitrogens with zero attached hydrogens (tertiary/aromatic N) is 1. The van der Waals surface area contributed by atoms with Crippen molar-refractivity contribution < 1.29 is 14.3 Å². The first-order valence-electron chi connectivity index (χ1n) is 9.70. The molecule has 0 spiro atoms. The molecule has 2 heterocycles. The smallest absolute Gasteiger partial charge is 0.338 e. The molecule has 1 aromatic heterocycles. The molecule has 0 unspecified atom stereocenters. The van der Waals surface area contributed by atoms with Crippen LogP contribution in [0.1, 0.15) is 54.2 Å². The number of aromatic nitrogens is 1. The molecular formula is C21H26N2O3. The van der Waals surface area contributed by atoms with Gasteiger partial charge in [-0.2, -0.15) is 0 Å². The quantitative estimate of drug-likeness (QED) is 0.859. The van der Waals surface area contributed by atoms with Crippen LogP contribution in [-0.2, 0) is 22.4 Å². The number of esters is 1. The Kier molecular flexibility index (Phi) is 4.70. The first kappa shape index (κ1) is 17.1. The first-order valence-corrected chi connectivity index (χ1v) is 9.70. The van der Waals surface area contributed by atoms with Crippen LogP contribution in [-0.4, -0.2) is 41.5 Å². The van der Waals surface area contributed by atoms with Gasteiger partial charge in [0, 0.05) is 29.7 Å². The Bertz CT molecular complexity index is 833. The number of ether oxygens (including phenoxy) is 1. The number of fused-ring (bicyclic) bond motifs is 3. The molecule has 1 amide bonds.